The second-order valence-corrected chi connectivity index (χ2v) is 9.05. The van der Waals surface area contributed by atoms with Gasteiger partial charge < -0.3 is 19.7 Å². The van der Waals surface area contributed by atoms with Gasteiger partial charge in [0, 0.05) is 5.56 Å². The minimum Gasteiger partial charge on any atom is -0.508 e. The molecule has 0 aliphatic carbocycles. The van der Waals surface area contributed by atoms with Crippen LogP contribution >= 0.6 is 11.3 Å². The second kappa shape index (κ2) is 9.82. The maximum Gasteiger partial charge on any atom is 0.350 e. The molecule has 186 valence electrons. The van der Waals surface area contributed by atoms with Gasteiger partial charge >= 0.3 is 11.9 Å². The summed E-state index contributed by atoms with van der Waals surface area (Å²) in [6, 6.07) is 9.86. The van der Waals surface area contributed by atoms with E-state index in [0.29, 0.717) is 28.1 Å². The third-order valence-electron chi connectivity index (χ3n) is 5.79. The molecule has 1 amide bonds. The van der Waals surface area contributed by atoms with Crippen molar-refractivity contribution in [2.45, 2.75) is 26.8 Å². The number of aliphatic hydroxyl groups is 1. The Hall–Kier alpha value is -4.18. The number of rotatable bonds is 6. The van der Waals surface area contributed by atoms with Crippen LogP contribution in [0.1, 0.15) is 45.0 Å². The number of phenolic OH excluding ortho intramolecular Hbond substituents is 1. The molecular weight excluding hydrogens is 484 g/mol. The van der Waals surface area contributed by atoms with Gasteiger partial charge in [0.2, 0.25) is 0 Å². The normalized spacial score (nSPS) is 16.9. The highest BCUT2D eigenvalue weighted by atomic mass is 32.1. The molecule has 1 fully saturated rings. The van der Waals surface area contributed by atoms with Gasteiger partial charge in [-0.2, -0.15) is 0 Å². The Bertz CT molecular complexity index is 1390. The van der Waals surface area contributed by atoms with Crippen LogP contribution in [0.25, 0.3) is 5.76 Å². The summed E-state index contributed by atoms with van der Waals surface area (Å²) in [5.74, 6) is -2.16. The van der Waals surface area contributed by atoms with Crippen molar-refractivity contribution in [3.05, 3.63) is 75.3 Å². The van der Waals surface area contributed by atoms with Crippen LogP contribution < -0.4 is 9.64 Å². The first kappa shape index (κ1) is 24.9. The summed E-state index contributed by atoms with van der Waals surface area (Å²) in [6.45, 7) is 5.21. The Kier molecular flexibility index (Phi) is 6.80. The fourth-order valence-electron chi connectivity index (χ4n) is 4.05. The highest BCUT2D eigenvalue weighted by Crippen LogP contribution is 2.44. The number of aromatic hydroxyl groups is 1. The van der Waals surface area contributed by atoms with Gasteiger partial charge in [0.1, 0.15) is 22.1 Å². The van der Waals surface area contributed by atoms with Gasteiger partial charge in [-0.15, -0.1) is 0 Å². The van der Waals surface area contributed by atoms with Gasteiger partial charge in [0.15, 0.2) is 5.13 Å². The summed E-state index contributed by atoms with van der Waals surface area (Å²) in [4.78, 5) is 44.8. The van der Waals surface area contributed by atoms with E-state index in [1.807, 2.05) is 0 Å². The van der Waals surface area contributed by atoms with Crippen LogP contribution in [0.5, 0.6) is 11.5 Å². The van der Waals surface area contributed by atoms with Gasteiger partial charge in [-0.05, 0) is 62.2 Å². The average molecular weight is 509 g/mol. The molecule has 2 aromatic carbocycles. The topological polar surface area (TPSA) is 126 Å². The number of nitrogens with zero attached hydrogens (tertiary/aromatic N) is 2. The number of thiazole rings is 1. The van der Waals surface area contributed by atoms with E-state index in [9.17, 15) is 24.6 Å². The van der Waals surface area contributed by atoms with Gasteiger partial charge in [0.25, 0.3) is 5.78 Å². The molecule has 0 spiro atoms. The van der Waals surface area contributed by atoms with Crippen LogP contribution in [0, 0.1) is 13.8 Å². The van der Waals surface area contributed by atoms with Crippen molar-refractivity contribution in [1.29, 1.82) is 0 Å². The molecular formula is C26H24N2O7S. The predicted molar refractivity (Wildman–Crippen MR) is 133 cm³/mol. The van der Waals surface area contributed by atoms with Crippen molar-refractivity contribution in [3.63, 3.8) is 0 Å². The zero-order chi connectivity index (χ0) is 26.1. The highest BCUT2D eigenvalue weighted by molar-refractivity contribution is 7.17. The first-order valence-corrected chi connectivity index (χ1v) is 11.9. The Balaban J connectivity index is 1.92. The maximum absolute atomic E-state index is 13.3. The zero-order valence-corrected chi connectivity index (χ0v) is 20.9. The van der Waals surface area contributed by atoms with E-state index >= 15 is 0 Å². The molecule has 4 rings (SSSR count). The lowest BCUT2D eigenvalue weighted by Crippen LogP contribution is -2.29. The largest absolute Gasteiger partial charge is 0.508 e. The van der Waals surface area contributed by atoms with E-state index in [1.54, 1.807) is 51.1 Å². The Morgan fingerprint density at radius 3 is 2.44 bits per heavy atom. The first-order chi connectivity index (χ1) is 17.2. The molecule has 0 saturated carbocycles. The number of methoxy groups -OCH3 is 1. The number of phenols is 1. The Morgan fingerprint density at radius 1 is 1.14 bits per heavy atom. The maximum atomic E-state index is 13.3. The van der Waals surface area contributed by atoms with Gasteiger partial charge in [-0.25, -0.2) is 9.78 Å². The summed E-state index contributed by atoms with van der Waals surface area (Å²) in [5, 5.41) is 21.2. The van der Waals surface area contributed by atoms with E-state index in [-0.39, 0.29) is 33.7 Å². The van der Waals surface area contributed by atoms with Crippen LogP contribution in [0.3, 0.4) is 0 Å². The number of hydrogen-bond acceptors (Lipinski definition) is 9. The van der Waals surface area contributed by atoms with Gasteiger partial charge in [-0.3, -0.25) is 14.5 Å². The molecule has 36 heavy (non-hydrogen) atoms. The van der Waals surface area contributed by atoms with Crippen LogP contribution in [-0.4, -0.2) is 46.6 Å². The van der Waals surface area contributed by atoms with Crippen molar-refractivity contribution < 1.29 is 34.1 Å². The number of anilines is 1. The number of esters is 1. The number of ether oxygens (including phenoxy) is 2. The van der Waals surface area contributed by atoms with Crippen molar-refractivity contribution in [3.8, 4) is 11.5 Å². The number of hydrogen-bond donors (Lipinski definition) is 2. The minimum atomic E-state index is -1.05. The van der Waals surface area contributed by atoms with Crippen molar-refractivity contribution in [1.82, 2.24) is 4.98 Å². The number of aromatic nitrogens is 1. The first-order valence-electron chi connectivity index (χ1n) is 11.1. The number of Topliss-reactive ketones (excluding diaryl/α,β-unsaturated/α-hetero) is 1. The minimum absolute atomic E-state index is 0.00334. The third-order valence-corrected chi connectivity index (χ3v) is 6.93. The Morgan fingerprint density at radius 2 is 1.83 bits per heavy atom. The molecule has 1 atom stereocenters. The van der Waals surface area contributed by atoms with Crippen LogP contribution in [-0.2, 0) is 14.3 Å². The summed E-state index contributed by atoms with van der Waals surface area (Å²) >= 11 is 0.927. The quantitative estimate of drug-likeness (QED) is 0.219. The van der Waals surface area contributed by atoms with Crippen LogP contribution in [0.4, 0.5) is 5.13 Å². The number of aliphatic hydroxyl groups excluding tert-OH is 1. The van der Waals surface area contributed by atoms with Crippen molar-refractivity contribution >= 4 is 39.9 Å². The van der Waals surface area contributed by atoms with E-state index in [2.05, 4.69) is 4.98 Å². The number of ketones is 1. The molecule has 1 aliphatic heterocycles. The lowest BCUT2D eigenvalue weighted by molar-refractivity contribution is -0.132. The monoisotopic (exact) mass is 508 g/mol. The zero-order valence-electron chi connectivity index (χ0n) is 20.1. The van der Waals surface area contributed by atoms with Gasteiger partial charge in [0.05, 0.1) is 31.0 Å². The predicted octanol–water partition coefficient (Wildman–Crippen LogP) is 4.28. The third kappa shape index (κ3) is 4.31. The average Bonchev–Trinajstić information content (AvgIpc) is 3.36. The molecule has 9 nitrogen and oxygen atoms in total. The molecule has 0 unspecified atom stereocenters. The van der Waals surface area contributed by atoms with Crippen LogP contribution in [0.15, 0.2) is 48.0 Å². The number of carbonyl (C=O) groups excluding carboxylic acids is 3. The van der Waals surface area contributed by atoms with Crippen molar-refractivity contribution in [2.24, 2.45) is 0 Å². The van der Waals surface area contributed by atoms with Crippen LogP contribution in [0.2, 0.25) is 0 Å². The molecule has 1 saturated heterocycles. The number of benzene rings is 2. The van der Waals surface area contributed by atoms with E-state index in [0.717, 1.165) is 11.3 Å². The summed E-state index contributed by atoms with van der Waals surface area (Å²) in [5.41, 5.74) is 1.68. The summed E-state index contributed by atoms with van der Waals surface area (Å²) in [7, 11) is 1.52. The molecule has 3 aromatic rings. The fraction of sp³-hybridized carbons (Fsp3) is 0.231. The highest BCUT2D eigenvalue weighted by Gasteiger charge is 2.48. The number of aryl methyl sites for hydroxylation is 2. The molecule has 1 aromatic heterocycles. The van der Waals surface area contributed by atoms with E-state index in [1.165, 1.54) is 24.1 Å². The number of carbonyl (C=O) groups is 3. The smallest absolute Gasteiger partial charge is 0.350 e. The lowest BCUT2D eigenvalue weighted by atomic mass is 9.94. The van der Waals surface area contributed by atoms with E-state index < -0.39 is 23.7 Å². The fourth-order valence-corrected chi connectivity index (χ4v) is 5.03. The molecule has 0 bridgehead atoms. The molecule has 10 heteroatoms. The Labute approximate surface area is 211 Å². The molecule has 2 N–H and O–H groups in total. The lowest BCUT2D eigenvalue weighted by Gasteiger charge is -2.23. The van der Waals surface area contributed by atoms with Gasteiger partial charge in [-0.1, -0.05) is 23.5 Å². The number of amides is 1. The summed E-state index contributed by atoms with van der Waals surface area (Å²) in [6.07, 6.45) is 0. The second-order valence-electron chi connectivity index (χ2n) is 8.07. The van der Waals surface area contributed by atoms with E-state index in [4.69, 9.17) is 9.47 Å². The molecule has 1 aliphatic rings. The van der Waals surface area contributed by atoms with Crippen molar-refractivity contribution in [2.75, 3.05) is 18.6 Å². The standard InChI is InChI=1S/C26H24N2O7S/c1-5-35-25(33)23-14(3)27-26(36-23)28-20(15-6-8-16(29)9-7-15)19(22(31)24(28)32)21(30)18-11-10-17(34-4)12-13(18)2/h6-12,20,29-30H,5H2,1-4H3/t20-/m1/s1. The molecule has 0 radical (unpaired) electrons. The SMILES string of the molecule is CCOC(=O)c1sc(N2C(=O)C(=O)C(=C(O)c3ccc(OC)cc3C)[C@H]2c2ccc(O)cc2)nc1C. The molecule has 2 heterocycles. The summed E-state index contributed by atoms with van der Waals surface area (Å²) < 4.78 is 10.3.